The molecule has 2 heterocycles. The highest BCUT2D eigenvalue weighted by molar-refractivity contribution is 9.10. The third-order valence-electron chi connectivity index (χ3n) is 5.00. The Labute approximate surface area is 179 Å². The number of benzene rings is 1. The molecule has 156 valence electrons. The summed E-state index contributed by atoms with van der Waals surface area (Å²) in [4.78, 5) is 7.30. The molecule has 0 spiro atoms. The van der Waals surface area contributed by atoms with Crippen LogP contribution in [-0.2, 0) is 10.3 Å². The van der Waals surface area contributed by atoms with E-state index in [1.165, 1.54) is 0 Å². The zero-order valence-electron chi connectivity index (χ0n) is 17.0. The number of nitrogens with zero attached hydrogens (tertiary/aromatic N) is 3. The summed E-state index contributed by atoms with van der Waals surface area (Å²) in [5, 5.41) is 21.4. The number of nitrogens with one attached hydrogen (secondary N) is 1. The predicted molar refractivity (Wildman–Crippen MR) is 116 cm³/mol. The number of morpholine rings is 1. The Morgan fingerprint density at radius 3 is 2.79 bits per heavy atom. The van der Waals surface area contributed by atoms with Crippen molar-refractivity contribution in [3.63, 3.8) is 0 Å². The van der Waals surface area contributed by atoms with E-state index >= 15 is 0 Å². The van der Waals surface area contributed by atoms with Gasteiger partial charge in [-0.15, -0.1) is 0 Å². The lowest BCUT2D eigenvalue weighted by atomic mass is 9.93. The van der Waals surface area contributed by atoms with E-state index in [0.29, 0.717) is 12.3 Å². The van der Waals surface area contributed by atoms with Gasteiger partial charge >= 0.3 is 0 Å². The van der Waals surface area contributed by atoms with Crippen LogP contribution in [0.4, 0.5) is 0 Å². The van der Waals surface area contributed by atoms with Gasteiger partial charge in [0.2, 0.25) is 0 Å². The number of hydrogen-bond acceptors (Lipinski definition) is 6. The summed E-state index contributed by atoms with van der Waals surface area (Å²) in [5.41, 5.74) is 0.242. The van der Waals surface area contributed by atoms with E-state index in [2.05, 4.69) is 31.9 Å². The first-order valence-electron chi connectivity index (χ1n) is 9.58. The summed E-state index contributed by atoms with van der Waals surface area (Å²) < 4.78 is 12.2. The number of aromatic amines is 1. The number of halogens is 1. The first kappa shape index (κ1) is 21.7. The van der Waals surface area contributed by atoms with Gasteiger partial charge in [-0.05, 0) is 41.1 Å². The van der Waals surface area contributed by atoms with Crippen LogP contribution in [0.2, 0.25) is 0 Å². The number of ether oxygens (including phenoxy) is 2. The fourth-order valence-electron chi connectivity index (χ4n) is 3.28. The second kappa shape index (κ2) is 9.18. The first-order chi connectivity index (χ1) is 13.8. The van der Waals surface area contributed by atoms with E-state index in [0.717, 1.165) is 54.0 Å². The molecule has 0 radical (unpaired) electrons. The average Bonchev–Trinajstić information content (AvgIpc) is 3.10. The molecule has 29 heavy (non-hydrogen) atoms. The van der Waals surface area contributed by atoms with Crippen LogP contribution in [0, 0.1) is 11.3 Å². The van der Waals surface area contributed by atoms with Crippen molar-refractivity contribution in [1.29, 1.82) is 5.26 Å². The van der Waals surface area contributed by atoms with Gasteiger partial charge in [-0.2, -0.15) is 5.26 Å². The van der Waals surface area contributed by atoms with Crippen molar-refractivity contribution in [2.75, 3.05) is 53.6 Å². The minimum Gasteiger partial charge on any atom is -0.491 e. The molecule has 1 aliphatic heterocycles. The molecule has 1 fully saturated rings. The van der Waals surface area contributed by atoms with Crippen molar-refractivity contribution in [1.82, 2.24) is 14.8 Å². The summed E-state index contributed by atoms with van der Waals surface area (Å²) in [5.74, 6) is 0.750. The van der Waals surface area contributed by atoms with Crippen LogP contribution in [0.3, 0.4) is 0 Å². The molecule has 1 aromatic heterocycles. The van der Waals surface area contributed by atoms with E-state index in [4.69, 9.17) is 9.47 Å². The quantitative estimate of drug-likeness (QED) is 0.615. The number of fused-ring (bicyclic) bond motifs is 1. The summed E-state index contributed by atoms with van der Waals surface area (Å²) >= 11 is 3.57. The Balaban J connectivity index is 1.78. The maximum atomic E-state index is 11.0. The minimum atomic E-state index is -1.43. The first-order valence-corrected chi connectivity index (χ1v) is 10.4. The van der Waals surface area contributed by atoms with Crippen LogP contribution in [-0.4, -0.2) is 73.4 Å². The van der Waals surface area contributed by atoms with Crippen LogP contribution in [0.15, 0.2) is 34.4 Å². The number of H-pyrrole nitrogens is 1. The van der Waals surface area contributed by atoms with E-state index in [1.54, 1.807) is 18.0 Å². The molecule has 1 aromatic carbocycles. The number of aliphatic hydroxyl groups is 1. The van der Waals surface area contributed by atoms with Gasteiger partial charge in [-0.1, -0.05) is 0 Å². The van der Waals surface area contributed by atoms with E-state index in [1.807, 2.05) is 32.3 Å². The SMILES string of the molecule is CN(C)/C=C(\C#N)C(C)(O)c1cc2cc(OCCN3CCOCC3)c(Br)cc2[nH]1. The molecule has 7 nitrogen and oxygen atoms in total. The van der Waals surface area contributed by atoms with E-state index in [9.17, 15) is 10.4 Å². The number of nitriles is 1. The van der Waals surface area contributed by atoms with Crippen molar-refractivity contribution >= 4 is 26.8 Å². The van der Waals surface area contributed by atoms with Crippen LogP contribution < -0.4 is 4.74 Å². The van der Waals surface area contributed by atoms with E-state index < -0.39 is 5.60 Å². The summed E-state index contributed by atoms with van der Waals surface area (Å²) in [6, 6.07) is 7.83. The summed E-state index contributed by atoms with van der Waals surface area (Å²) in [6.07, 6.45) is 1.63. The molecule has 1 aliphatic rings. The Hall–Kier alpha value is -2.05. The molecular formula is C21H27BrN4O3. The van der Waals surface area contributed by atoms with Gasteiger partial charge < -0.3 is 24.5 Å². The zero-order chi connectivity index (χ0) is 21.0. The van der Waals surface area contributed by atoms with Crippen molar-refractivity contribution in [2.45, 2.75) is 12.5 Å². The third-order valence-corrected chi connectivity index (χ3v) is 5.62. The Kier molecular flexibility index (Phi) is 6.85. The summed E-state index contributed by atoms with van der Waals surface area (Å²) in [6.45, 7) is 6.46. The zero-order valence-corrected chi connectivity index (χ0v) is 18.6. The molecule has 1 unspecified atom stereocenters. The highest BCUT2D eigenvalue weighted by Crippen LogP contribution is 2.35. The van der Waals surface area contributed by atoms with Crippen molar-refractivity contribution < 1.29 is 14.6 Å². The van der Waals surface area contributed by atoms with Crippen LogP contribution in [0.1, 0.15) is 12.6 Å². The molecular weight excluding hydrogens is 436 g/mol. The minimum absolute atomic E-state index is 0.259. The Bertz CT molecular complexity index is 924. The fraction of sp³-hybridized carbons (Fsp3) is 0.476. The highest BCUT2D eigenvalue weighted by atomic mass is 79.9. The second-order valence-electron chi connectivity index (χ2n) is 7.55. The lowest BCUT2D eigenvalue weighted by Crippen LogP contribution is -2.38. The van der Waals surface area contributed by atoms with Crippen molar-refractivity contribution in [3.05, 3.63) is 40.1 Å². The van der Waals surface area contributed by atoms with Gasteiger partial charge in [0.25, 0.3) is 0 Å². The smallest absolute Gasteiger partial charge is 0.138 e. The van der Waals surface area contributed by atoms with Gasteiger partial charge in [-0.3, -0.25) is 4.90 Å². The Morgan fingerprint density at radius 1 is 1.41 bits per heavy atom. The fourth-order valence-corrected chi connectivity index (χ4v) is 3.74. The summed E-state index contributed by atoms with van der Waals surface area (Å²) in [7, 11) is 3.63. The van der Waals surface area contributed by atoms with Gasteiger partial charge in [0.05, 0.1) is 35.0 Å². The number of rotatable bonds is 7. The lowest BCUT2D eigenvalue weighted by Gasteiger charge is -2.26. The maximum Gasteiger partial charge on any atom is 0.138 e. The molecule has 3 rings (SSSR count). The van der Waals surface area contributed by atoms with Crippen LogP contribution in [0.25, 0.3) is 10.9 Å². The molecule has 2 N–H and O–H groups in total. The molecule has 2 aromatic rings. The highest BCUT2D eigenvalue weighted by Gasteiger charge is 2.31. The van der Waals surface area contributed by atoms with Gasteiger partial charge in [0.15, 0.2) is 0 Å². The van der Waals surface area contributed by atoms with Crippen LogP contribution >= 0.6 is 15.9 Å². The van der Waals surface area contributed by atoms with Gasteiger partial charge in [0, 0.05) is 50.8 Å². The van der Waals surface area contributed by atoms with Crippen molar-refractivity contribution in [2.24, 2.45) is 0 Å². The van der Waals surface area contributed by atoms with Gasteiger partial charge in [0.1, 0.15) is 18.0 Å². The lowest BCUT2D eigenvalue weighted by molar-refractivity contribution is 0.0322. The molecule has 0 bridgehead atoms. The molecule has 0 amide bonds. The van der Waals surface area contributed by atoms with Crippen LogP contribution in [0.5, 0.6) is 5.75 Å². The average molecular weight is 463 g/mol. The number of hydrogen-bond donors (Lipinski definition) is 2. The molecule has 1 saturated heterocycles. The second-order valence-corrected chi connectivity index (χ2v) is 8.40. The predicted octanol–water partition coefficient (Wildman–Crippen LogP) is 2.82. The third kappa shape index (κ3) is 5.11. The molecule has 1 atom stereocenters. The maximum absolute atomic E-state index is 11.0. The largest absolute Gasteiger partial charge is 0.491 e. The van der Waals surface area contributed by atoms with Gasteiger partial charge in [-0.25, -0.2) is 0 Å². The number of aromatic nitrogens is 1. The normalized spacial score (nSPS) is 17.7. The monoisotopic (exact) mass is 462 g/mol. The molecule has 0 aliphatic carbocycles. The molecule has 0 saturated carbocycles. The van der Waals surface area contributed by atoms with Crippen molar-refractivity contribution in [3.8, 4) is 11.8 Å². The Morgan fingerprint density at radius 2 is 2.14 bits per heavy atom. The topological polar surface area (TPSA) is 84.8 Å². The van der Waals surface area contributed by atoms with E-state index in [-0.39, 0.29) is 5.57 Å². The standard InChI is InChI=1S/C21H27BrN4O3/c1-21(27,16(13-23)14-25(2)3)20-11-15-10-19(17(22)12-18(15)24-20)29-9-6-26-4-7-28-8-5-26/h10-12,14,24,27H,4-9H2,1-3H3/b16-14+. The molecule has 8 heteroatoms.